The summed E-state index contributed by atoms with van der Waals surface area (Å²) < 4.78 is 8.05. The molecule has 1 aromatic carbocycles. The van der Waals surface area contributed by atoms with Gasteiger partial charge in [-0.05, 0) is 18.1 Å². The second-order valence-electron chi connectivity index (χ2n) is 5.49. The Kier molecular flexibility index (Phi) is 3.74. The standard InChI is InChI=1S/C16H21N3O/c1-2-13(17)8-14-9-19(11-18-14)10-15-7-12-5-3-4-6-16(12)20-15/h3-6,9,11,13,15H,2,7-8,10,17H2,1H3. The number of rotatable bonds is 5. The Morgan fingerprint density at radius 1 is 1.45 bits per heavy atom. The molecule has 0 saturated carbocycles. The number of para-hydroxylation sites is 1. The fraction of sp³-hybridized carbons (Fsp3) is 0.438. The maximum absolute atomic E-state index is 5.96. The lowest BCUT2D eigenvalue weighted by atomic mass is 10.1. The van der Waals surface area contributed by atoms with Crippen LogP contribution in [0.2, 0.25) is 0 Å². The van der Waals surface area contributed by atoms with Gasteiger partial charge in [0, 0.05) is 25.1 Å². The molecular weight excluding hydrogens is 250 g/mol. The number of fused-ring (bicyclic) bond motifs is 1. The van der Waals surface area contributed by atoms with E-state index in [9.17, 15) is 0 Å². The minimum atomic E-state index is 0.199. The van der Waals surface area contributed by atoms with E-state index in [1.54, 1.807) is 0 Å². The number of imidazole rings is 1. The molecule has 0 aliphatic carbocycles. The first-order valence-electron chi connectivity index (χ1n) is 7.25. The third-order valence-electron chi connectivity index (χ3n) is 3.81. The maximum Gasteiger partial charge on any atom is 0.123 e. The minimum Gasteiger partial charge on any atom is -0.488 e. The van der Waals surface area contributed by atoms with Crippen LogP contribution in [0.4, 0.5) is 0 Å². The van der Waals surface area contributed by atoms with E-state index in [0.717, 1.165) is 37.3 Å². The van der Waals surface area contributed by atoms with Crippen LogP contribution in [0, 0.1) is 0 Å². The summed E-state index contributed by atoms with van der Waals surface area (Å²) in [4.78, 5) is 4.42. The SMILES string of the molecule is CCC(N)Cc1cn(CC2Cc3ccccc3O2)cn1. The van der Waals surface area contributed by atoms with Crippen LogP contribution in [0.3, 0.4) is 0 Å². The van der Waals surface area contributed by atoms with E-state index < -0.39 is 0 Å². The van der Waals surface area contributed by atoms with E-state index in [2.05, 4.69) is 34.8 Å². The fourth-order valence-electron chi connectivity index (χ4n) is 2.62. The first kappa shape index (κ1) is 13.2. The van der Waals surface area contributed by atoms with Crippen LogP contribution in [0.5, 0.6) is 5.75 Å². The minimum absolute atomic E-state index is 0.199. The topological polar surface area (TPSA) is 53.1 Å². The first-order valence-corrected chi connectivity index (χ1v) is 7.25. The van der Waals surface area contributed by atoms with Crippen molar-refractivity contribution in [2.45, 2.75) is 44.9 Å². The Labute approximate surface area is 119 Å². The van der Waals surface area contributed by atoms with Crippen molar-refractivity contribution in [3.8, 4) is 5.75 Å². The zero-order chi connectivity index (χ0) is 13.9. The molecule has 4 heteroatoms. The van der Waals surface area contributed by atoms with Crippen molar-refractivity contribution >= 4 is 0 Å². The van der Waals surface area contributed by atoms with Crippen molar-refractivity contribution < 1.29 is 4.74 Å². The molecule has 3 rings (SSSR count). The summed E-state index contributed by atoms with van der Waals surface area (Å²) in [6.45, 7) is 2.94. The molecule has 0 amide bonds. The summed E-state index contributed by atoms with van der Waals surface area (Å²) in [6, 6.07) is 8.45. The summed E-state index contributed by atoms with van der Waals surface area (Å²) in [5.41, 5.74) is 8.32. The lowest BCUT2D eigenvalue weighted by Crippen LogP contribution is -2.22. The Balaban J connectivity index is 1.60. The third kappa shape index (κ3) is 2.85. The number of nitrogens with two attached hydrogens (primary N) is 1. The van der Waals surface area contributed by atoms with E-state index >= 15 is 0 Å². The molecule has 2 atom stereocenters. The number of hydrogen-bond donors (Lipinski definition) is 1. The van der Waals surface area contributed by atoms with Gasteiger partial charge in [-0.3, -0.25) is 0 Å². The zero-order valence-corrected chi connectivity index (χ0v) is 11.8. The zero-order valence-electron chi connectivity index (χ0n) is 11.8. The van der Waals surface area contributed by atoms with Gasteiger partial charge in [0.25, 0.3) is 0 Å². The summed E-state index contributed by atoms with van der Waals surface area (Å²) in [5.74, 6) is 1.02. The highest BCUT2D eigenvalue weighted by Crippen LogP contribution is 2.28. The molecule has 106 valence electrons. The Hall–Kier alpha value is -1.81. The molecular formula is C16H21N3O. The van der Waals surface area contributed by atoms with E-state index in [4.69, 9.17) is 10.5 Å². The molecule has 0 fully saturated rings. The predicted molar refractivity (Wildman–Crippen MR) is 78.8 cm³/mol. The maximum atomic E-state index is 5.96. The van der Waals surface area contributed by atoms with Crippen LogP contribution >= 0.6 is 0 Å². The molecule has 2 unspecified atom stereocenters. The van der Waals surface area contributed by atoms with Crippen molar-refractivity contribution in [3.05, 3.63) is 48.0 Å². The van der Waals surface area contributed by atoms with Gasteiger partial charge in [-0.1, -0.05) is 25.1 Å². The van der Waals surface area contributed by atoms with Crippen molar-refractivity contribution in [2.75, 3.05) is 0 Å². The largest absolute Gasteiger partial charge is 0.488 e. The molecule has 1 aliphatic rings. The molecule has 4 nitrogen and oxygen atoms in total. The average Bonchev–Trinajstić information content (AvgIpc) is 3.05. The molecule has 1 aromatic heterocycles. The highest BCUT2D eigenvalue weighted by atomic mass is 16.5. The van der Waals surface area contributed by atoms with Gasteiger partial charge in [0.2, 0.25) is 0 Å². The number of hydrogen-bond acceptors (Lipinski definition) is 3. The Bertz CT molecular complexity index is 554. The lowest BCUT2D eigenvalue weighted by Gasteiger charge is -2.11. The highest BCUT2D eigenvalue weighted by molar-refractivity contribution is 5.37. The molecule has 20 heavy (non-hydrogen) atoms. The van der Waals surface area contributed by atoms with E-state index in [-0.39, 0.29) is 12.1 Å². The van der Waals surface area contributed by atoms with Crippen LogP contribution < -0.4 is 10.5 Å². The van der Waals surface area contributed by atoms with Crippen molar-refractivity contribution in [1.82, 2.24) is 9.55 Å². The van der Waals surface area contributed by atoms with Crippen molar-refractivity contribution in [2.24, 2.45) is 5.73 Å². The molecule has 2 heterocycles. The number of benzene rings is 1. The molecule has 0 spiro atoms. The molecule has 0 saturated heterocycles. The van der Waals surface area contributed by atoms with E-state index in [1.165, 1.54) is 5.56 Å². The summed E-state index contributed by atoms with van der Waals surface area (Å²) >= 11 is 0. The fourth-order valence-corrected chi connectivity index (χ4v) is 2.62. The number of nitrogens with zero attached hydrogens (tertiary/aromatic N) is 2. The quantitative estimate of drug-likeness (QED) is 0.906. The van der Waals surface area contributed by atoms with Gasteiger partial charge in [0.15, 0.2) is 0 Å². The van der Waals surface area contributed by atoms with Gasteiger partial charge < -0.3 is 15.0 Å². The van der Waals surface area contributed by atoms with Gasteiger partial charge in [-0.2, -0.15) is 0 Å². The first-order chi connectivity index (χ1) is 9.74. The van der Waals surface area contributed by atoms with Gasteiger partial charge in [-0.15, -0.1) is 0 Å². The average molecular weight is 271 g/mol. The van der Waals surface area contributed by atoms with Crippen LogP contribution in [-0.2, 0) is 19.4 Å². The monoisotopic (exact) mass is 271 g/mol. The van der Waals surface area contributed by atoms with Gasteiger partial charge >= 0.3 is 0 Å². The molecule has 0 radical (unpaired) electrons. The van der Waals surface area contributed by atoms with Crippen molar-refractivity contribution in [3.63, 3.8) is 0 Å². The number of ether oxygens (including phenoxy) is 1. The normalized spacial score (nSPS) is 18.6. The van der Waals surface area contributed by atoms with Crippen LogP contribution in [-0.4, -0.2) is 21.7 Å². The molecule has 0 bridgehead atoms. The summed E-state index contributed by atoms with van der Waals surface area (Å²) in [7, 11) is 0. The highest BCUT2D eigenvalue weighted by Gasteiger charge is 2.22. The second-order valence-corrected chi connectivity index (χ2v) is 5.49. The predicted octanol–water partition coefficient (Wildman–Crippen LogP) is 2.17. The van der Waals surface area contributed by atoms with Crippen molar-refractivity contribution in [1.29, 1.82) is 0 Å². The second kappa shape index (κ2) is 5.67. The Morgan fingerprint density at radius 2 is 2.30 bits per heavy atom. The summed E-state index contributed by atoms with van der Waals surface area (Å²) in [6.07, 6.45) is 6.96. The Morgan fingerprint density at radius 3 is 3.10 bits per heavy atom. The van der Waals surface area contributed by atoms with Gasteiger partial charge in [0.1, 0.15) is 11.9 Å². The lowest BCUT2D eigenvalue weighted by molar-refractivity contribution is 0.209. The molecule has 2 aromatic rings. The van der Waals surface area contributed by atoms with Crippen LogP contribution in [0.1, 0.15) is 24.6 Å². The smallest absolute Gasteiger partial charge is 0.123 e. The van der Waals surface area contributed by atoms with Crippen LogP contribution in [0.15, 0.2) is 36.8 Å². The van der Waals surface area contributed by atoms with E-state index in [1.807, 2.05) is 18.5 Å². The molecule has 1 aliphatic heterocycles. The number of aromatic nitrogens is 2. The van der Waals surface area contributed by atoms with Crippen LogP contribution in [0.25, 0.3) is 0 Å². The van der Waals surface area contributed by atoms with Gasteiger partial charge in [0.05, 0.1) is 18.6 Å². The third-order valence-corrected chi connectivity index (χ3v) is 3.81. The summed E-state index contributed by atoms with van der Waals surface area (Å²) in [5, 5.41) is 0. The van der Waals surface area contributed by atoms with Gasteiger partial charge in [-0.25, -0.2) is 4.98 Å². The molecule has 2 N–H and O–H groups in total. The van der Waals surface area contributed by atoms with E-state index in [0.29, 0.717) is 0 Å².